The first kappa shape index (κ1) is 15.3. The van der Waals surface area contributed by atoms with Gasteiger partial charge in [-0.05, 0) is 18.2 Å². The summed E-state index contributed by atoms with van der Waals surface area (Å²) in [6, 6.07) is 3.32. The summed E-state index contributed by atoms with van der Waals surface area (Å²) >= 11 is 1.74. The molecular weight excluding hydrogens is 296 g/mol. The highest BCUT2D eigenvalue weighted by atomic mass is 32.2. The number of hydrogen-bond acceptors (Lipinski definition) is 5. The normalized spacial score (nSPS) is 17.5. The van der Waals surface area contributed by atoms with Crippen molar-refractivity contribution in [3.05, 3.63) is 39.4 Å². The van der Waals surface area contributed by atoms with Crippen molar-refractivity contribution in [3.8, 4) is 0 Å². The third-order valence-electron chi connectivity index (χ3n) is 3.40. The van der Waals surface area contributed by atoms with Crippen LogP contribution in [-0.4, -0.2) is 51.4 Å². The molecule has 1 aliphatic heterocycles. The molecule has 21 heavy (non-hydrogen) atoms. The summed E-state index contributed by atoms with van der Waals surface area (Å²) in [5.74, 6) is 0.0983. The summed E-state index contributed by atoms with van der Waals surface area (Å²) < 4.78 is 0. The van der Waals surface area contributed by atoms with Crippen LogP contribution in [0.25, 0.3) is 0 Å². The van der Waals surface area contributed by atoms with Crippen molar-refractivity contribution in [2.75, 3.05) is 18.6 Å². The van der Waals surface area contributed by atoms with Crippen molar-refractivity contribution in [1.82, 2.24) is 4.90 Å². The van der Waals surface area contributed by atoms with Crippen LogP contribution < -0.4 is 0 Å². The first-order valence-corrected chi connectivity index (χ1v) is 7.43. The van der Waals surface area contributed by atoms with E-state index in [9.17, 15) is 19.7 Å². The molecule has 1 aliphatic rings. The Morgan fingerprint density at radius 1 is 1.38 bits per heavy atom. The highest BCUT2D eigenvalue weighted by Gasteiger charge is 2.26. The molecule has 0 saturated carbocycles. The lowest BCUT2D eigenvalue weighted by Crippen LogP contribution is -2.37. The predicted octanol–water partition coefficient (Wildman–Crippen LogP) is 1.87. The minimum Gasteiger partial charge on any atom is -0.478 e. The zero-order valence-electron chi connectivity index (χ0n) is 11.3. The quantitative estimate of drug-likeness (QED) is 0.673. The number of thioether (sulfide) groups is 1. The number of nitro groups is 1. The summed E-state index contributed by atoms with van der Waals surface area (Å²) in [5, 5.41) is 19.9. The van der Waals surface area contributed by atoms with Crippen molar-refractivity contribution in [2.24, 2.45) is 0 Å². The molecule has 8 heteroatoms. The van der Waals surface area contributed by atoms with Gasteiger partial charge in [-0.15, -0.1) is 0 Å². The molecule has 1 unspecified atom stereocenters. The summed E-state index contributed by atoms with van der Waals surface area (Å²) in [6.07, 6.45) is 0.869. The first-order valence-electron chi connectivity index (χ1n) is 6.28. The Bertz CT molecular complexity index is 566. The number of carbonyl (C=O) groups excluding carboxylic acids is 1. The number of nitrogens with zero attached hydrogens (tertiary/aromatic N) is 2. The molecule has 1 aromatic carbocycles. The van der Waals surface area contributed by atoms with Gasteiger partial charge in [-0.25, -0.2) is 4.79 Å². The molecule has 0 radical (unpaired) electrons. The molecule has 7 nitrogen and oxygen atoms in total. The number of carbonyl (C=O) groups is 2. The van der Waals surface area contributed by atoms with Gasteiger partial charge in [0, 0.05) is 36.5 Å². The number of aromatic carboxylic acids is 1. The Hall–Kier alpha value is -2.09. The van der Waals surface area contributed by atoms with E-state index in [1.54, 1.807) is 18.8 Å². The van der Waals surface area contributed by atoms with Crippen molar-refractivity contribution in [3.63, 3.8) is 0 Å². The van der Waals surface area contributed by atoms with Gasteiger partial charge < -0.3 is 10.0 Å². The number of carboxylic acid groups (broad SMARTS) is 1. The van der Waals surface area contributed by atoms with E-state index < -0.39 is 22.5 Å². The Kier molecular flexibility index (Phi) is 4.46. The molecule has 1 aromatic rings. The van der Waals surface area contributed by atoms with Crippen LogP contribution in [0.3, 0.4) is 0 Å². The van der Waals surface area contributed by atoms with Crippen molar-refractivity contribution < 1.29 is 19.6 Å². The lowest BCUT2D eigenvalue weighted by Gasteiger charge is -2.23. The number of hydrogen-bond donors (Lipinski definition) is 1. The molecule has 0 aliphatic carbocycles. The Morgan fingerprint density at radius 3 is 2.57 bits per heavy atom. The SMILES string of the molecule is CN(C(=O)c1cc(C(=O)O)cc([N+](=O)[O-])c1)C1CCSC1. The second kappa shape index (κ2) is 6.13. The topological polar surface area (TPSA) is 101 Å². The van der Waals surface area contributed by atoms with E-state index in [1.165, 1.54) is 11.0 Å². The highest BCUT2D eigenvalue weighted by Crippen LogP contribution is 2.24. The molecule has 2 rings (SSSR count). The van der Waals surface area contributed by atoms with Gasteiger partial charge in [0.25, 0.3) is 11.6 Å². The number of nitro benzene ring substituents is 1. The Balaban J connectivity index is 2.35. The van der Waals surface area contributed by atoms with E-state index in [-0.39, 0.29) is 17.2 Å². The van der Waals surface area contributed by atoms with E-state index in [4.69, 9.17) is 5.11 Å². The lowest BCUT2D eigenvalue weighted by atomic mass is 10.1. The maximum absolute atomic E-state index is 12.4. The Labute approximate surface area is 125 Å². The van der Waals surface area contributed by atoms with Crippen LogP contribution in [0.5, 0.6) is 0 Å². The minimum absolute atomic E-state index is 0.0287. The van der Waals surface area contributed by atoms with Crippen LogP contribution in [0.1, 0.15) is 27.1 Å². The molecular formula is C13H14N2O5S. The number of rotatable bonds is 4. The van der Waals surface area contributed by atoms with E-state index in [1.807, 2.05) is 0 Å². The van der Waals surface area contributed by atoms with E-state index >= 15 is 0 Å². The van der Waals surface area contributed by atoms with Gasteiger partial charge in [0.2, 0.25) is 0 Å². The average molecular weight is 310 g/mol. The van der Waals surface area contributed by atoms with Crippen LogP contribution in [0.4, 0.5) is 5.69 Å². The predicted molar refractivity (Wildman–Crippen MR) is 77.9 cm³/mol. The van der Waals surface area contributed by atoms with Gasteiger partial charge in [-0.3, -0.25) is 14.9 Å². The second-order valence-electron chi connectivity index (χ2n) is 4.76. The first-order chi connectivity index (χ1) is 9.90. The molecule has 1 saturated heterocycles. The van der Waals surface area contributed by atoms with Gasteiger partial charge in [0.15, 0.2) is 0 Å². The third-order valence-corrected chi connectivity index (χ3v) is 4.54. The fraction of sp³-hybridized carbons (Fsp3) is 0.385. The number of non-ortho nitro benzene ring substituents is 1. The summed E-state index contributed by atoms with van der Waals surface area (Å²) in [6.45, 7) is 0. The van der Waals surface area contributed by atoms with E-state index in [0.717, 1.165) is 30.1 Å². The van der Waals surface area contributed by atoms with Crippen LogP contribution in [0.15, 0.2) is 18.2 Å². The fourth-order valence-electron chi connectivity index (χ4n) is 2.16. The second-order valence-corrected chi connectivity index (χ2v) is 5.91. The number of carboxylic acids is 1. The summed E-state index contributed by atoms with van der Waals surface area (Å²) in [7, 11) is 1.64. The van der Waals surface area contributed by atoms with Gasteiger partial charge in [-0.1, -0.05) is 0 Å². The lowest BCUT2D eigenvalue weighted by molar-refractivity contribution is -0.384. The summed E-state index contributed by atoms with van der Waals surface area (Å²) in [4.78, 5) is 35.1. The monoisotopic (exact) mass is 310 g/mol. The zero-order chi connectivity index (χ0) is 15.6. The average Bonchev–Trinajstić information content (AvgIpc) is 2.99. The van der Waals surface area contributed by atoms with E-state index in [0.29, 0.717) is 0 Å². The van der Waals surface area contributed by atoms with Gasteiger partial charge in [-0.2, -0.15) is 11.8 Å². The molecule has 0 spiro atoms. The van der Waals surface area contributed by atoms with Crippen molar-refractivity contribution >= 4 is 29.3 Å². The zero-order valence-corrected chi connectivity index (χ0v) is 12.1. The molecule has 1 N–H and O–H groups in total. The molecule has 1 atom stereocenters. The van der Waals surface area contributed by atoms with Crippen molar-refractivity contribution in [2.45, 2.75) is 12.5 Å². The van der Waals surface area contributed by atoms with Gasteiger partial charge in [0.05, 0.1) is 10.5 Å². The van der Waals surface area contributed by atoms with Crippen LogP contribution in [0.2, 0.25) is 0 Å². The molecule has 1 amide bonds. The van der Waals surface area contributed by atoms with Gasteiger partial charge in [0.1, 0.15) is 0 Å². The molecule has 0 aromatic heterocycles. The molecule has 1 fully saturated rings. The number of amides is 1. The van der Waals surface area contributed by atoms with Crippen LogP contribution in [0, 0.1) is 10.1 Å². The summed E-state index contributed by atoms with van der Waals surface area (Å²) in [5.41, 5.74) is -0.629. The molecule has 112 valence electrons. The maximum atomic E-state index is 12.4. The smallest absolute Gasteiger partial charge is 0.335 e. The third kappa shape index (κ3) is 3.33. The largest absolute Gasteiger partial charge is 0.478 e. The van der Waals surface area contributed by atoms with Crippen molar-refractivity contribution in [1.29, 1.82) is 0 Å². The molecule has 1 heterocycles. The van der Waals surface area contributed by atoms with Crippen LogP contribution in [-0.2, 0) is 0 Å². The maximum Gasteiger partial charge on any atom is 0.335 e. The van der Waals surface area contributed by atoms with E-state index in [2.05, 4.69) is 0 Å². The minimum atomic E-state index is -1.30. The van der Waals surface area contributed by atoms with Gasteiger partial charge >= 0.3 is 5.97 Å². The molecule has 0 bridgehead atoms. The highest BCUT2D eigenvalue weighted by molar-refractivity contribution is 7.99. The van der Waals surface area contributed by atoms with Crippen LogP contribution >= 0.6 is 11.8 Å². The standard InChI is InChI=1S/C13H14N2O5S/c1-14(10-2-3-21-7-10)12(16)8-4-9(13(17)18)6-11(5-8)15(19)20/h4-6,10H,2-3,7H2,1H3,(H,17,18). The Morgan fingerprint density at radius 2 is 2.05 bits per heavy atom. The fourth-order valence-corrected chi connectivity index (χ4v) is 3.43. The number of benzene rings is 1.